The Balaban J connectivity index is 2.69. The van der Waals surface area contributed by atoms with Gasteiger partial charge < -0.3 is 10.2 Å². The number of rotatable bonds is 7. The minimum absolute atomic E-state index is 0.0635. The first-order valence-electron chi connectivity index (χ1n) is 7.45. The van der Waals surface area contributed by atoms with Gasteiger partial charge in [-0.2, -0.15) is 0 Å². The van der Waals surface area contributed by atoms with Crippen LogP contribution in [0.4, 0.5) is 5.82 Å². The minimum atomic E-state index is 0.0635. The number of hydrogen-bond acceptors (Lipinski definition) is 3. The normalized spacial score (nSPS) is 11.7. The van der Waals surface area contributed by atoms with Crippen LogP contribution in [0.25, 0.3) is 0 Å². The number of anilines is 1. The Morgan fingerprint density at radius 2 is 1.95 bits per heavy atom. The van der Waals surface area contributed by atoms with Crippen molar-refractivity contribution in [1.29, 1.82) is 0 Å². The first-order chi connectivity index (χ1) is 9.33. The molecule has 1 N–H and O–H groups in total. The second-order valence-electron chi connectivity index (χ2n) is 6.33. The van der Waals surface area contributed by atoms with Crippen LogP contribution in [0.1, 0.15) is 52.7 Å². The van der Waals surface area contributed by atoms with Gasteiger partial charge in [0.05, 0.1) is 10.7 Å². The van der Waals surface area contributed by atoms with Gasteiger partial charge in [-0.15, -0.1) is 0 Å². The molecule has 0 bridgehead atoms. The highest BCUT2D eigenvalue weighted by atomic mass is 35.5. The number of halogens is 1. The fourth-order valence-corrected chi connectivity index (χ4v) is 2.04. The molecule has 3 nitrogen and oxygen atoms in total. The molecule has 1 aromatic rings. The van der Waals surface area contributed by atoms with Crippen molar-refractivity contribution in [3.05, 3.63) is 22.8 Å². The van der Waals surface area contributed by atoms with Crippen LogP contribution in [-0.4, -0.2) is 24.1 Å². The summed E-state index contributed by atoms with van der Waals surface area (Å²) in [6.07, 6.45) is 3.70. The first kappa shape index (κ1) is 17.3. The fourth-order valence-electron chi connectivity index (χ4n) is 1.87. The van der Waals surface area contributed by atoms with E-state index in [1.54, 1.807) is 0 Å². The van der Waals surface area contributed by atoms with Crippen LogP contribution in [0, 0.1) is 0 Å². The molecule has 0 saturated carbocycles. The number of unbranched alkanes of at least 4 members (excludes halogenated alkanes) is 2. The Kier molecular flexibility index (Phi) is 6.77. The van der Waals surface area contributed by atoms with Crippen LogP contribution in [-0.2, 0) is 6.54 Å². The molecule has 20 heavy (non-hydrogen) atoms. The van der Waals surface area contributed by atoms with Gasteiger partial charge in [-0.05, 0) is 39.3 Å². The largest absolute Gasteiger partial charge is 0.360 e. The topological polar surface area (TPSA) is 28.2 Å². The predicted octanol–water partition coefficient (Wildman–Crippen LogP) is 4.25. The van der Waals surface area contributed by atoms with Gasteiger partial charge in [0.15, 0.2) is 0 Å². The van der Waals surface area contributed by atoms with Gasteiger partial charge in [0, 0.05) is 25.7 Å². The average molecular weight is 298 g/mol. The molecular formula is C16H28ClN3. The van der Waals surface area contributed by atoms with Crippen molar-refractivity contribution < 1.29 is 0 Å². The third-order valence-electron chi connectivity index (χ3n) is 3.18. The standard InChI is InChI=1S/C16H28ClN3/c1-6-7-8-11-20(5)15-10-9-13(17)14(19-15)12-18-16(2,3)4/h9-10,18H,6-8,11-12H2,1-5H3. The fraction of sp³-hybridized carbons (Fsp3) is 0.688. The highest BCUT2D eigenvalue weighted by Crippen LogP contribution is 2.19. The van der Waals surface area contributed by atoms with Gasteiger partial charge in [-0.1, -0.05) is 31.4 Å². The molecule has 0 atom stereocenters. The van der Waals surface area contributed by atoms with Crippen molar-refractivity contribution in [2.75, 3.05) is 18.5 Å². The monoisotopic (exact) mass is 297 g/mol. The van der Waals surface area contributed by atoms with Crippen LogP contribution in [0.3, 0.4) is 0 Å². The summed E-state index contributed by atoms with van der Waals surface area (Å²) in [4.78, 5) is 6.89. The Hall–Kier alpha value is -0.800. The summed E-state index contributed by atoms with van der Waals surface area (Å²) in [6.45, 7) is 10.4. The number of pyridine rings is 1. The van der Waals surface area contributed by atoms with Crippen LogP contribution in [0.2, 0.25) is 5.02 Å². The lowest BCUT2D eigenvalue weighted by atomic mass is 10.1. The Morgan fingerprint density at radius 1 is 1.25 bits per heavy atom. The maximum atomic E-state index is 6.24. The maximum absolute atomic E-state index is 6.24. The molecule has 0 fully saturated rings. The zero-order chi connectivity index (χ0) is 15.2. The van der Waals surface area contributed by atoms with E-state index in [1.165, 1.54) is 19.3 Å². The molecule has 0 radical (unpaired) electrons. The van der Waals surface area contributed by atoms with Crippen LogP contribution >= 0.6 is 11.6 Å². The molecule has 0 amide bonds. The molecule has 4 heteroatoms. The van der Waals surface area contributed by atoms with Gasteiger partial charge in [0.1, 0.15) is 5.82 Å². The average Bonchev–Trinajstić information content (AvgIpc) is 2.37. The lowest BCUT2D eigenvalue weighted by Gasteiger charge is -2.22. The summed E-state index contributed by atoms with van der Waals surface area (Å²) in [5, 5.41) is 4.16. The molecule has 0 aliphatic rings. The van der Waals surface area contributed by atoms with E-state index < -0.39 is 0 Å². The summed E-state index contributed by atoms with van der Waals surface area (Å²) in [5.41, 5.74) is 0.982. The van der Waals surface area contributed by atoms with Crippen molar-refractivity contribution in [2.24, 2.45) is 0 Å². The summed E-state index contributed by atoms with van der Waals surface area (Å²) in [5.74, 6) is 0.996. The van der Waals surface area contributed by atoms with Crippen LogP contribution in [0.15, 0.2) is 12.1 Å². The molecule has 0 aromatic carbocycles. The van der Waals surface area contributed by atoms with Crippen molar-refractivity contribution in [2.45, 2.75) is 59.0 Å². The molecule has 0 spiro atoms. The molecule has 1 aromatic heterocycles. The van der Waals surface area contributed by atoms with Gasteiger partial charge in [-0.25, -0.2) is 4.98 Å². The third-order valence-corrected chi connectivity index (χ3v) is 3.52. The zero-order valence-electron chi connectivity index (χ0n) is 13.5. The van der Waals surface area contributed by atoms with Crippen molar-refractivity contribution in [3.63, 3.8) is 0 Å². The number of nitrogens with zero attached hydrogens (tertiary/aromatic N) is 2. The van der Waals surface area contributed by atoms with Gasteiger partial charge >= 0.3 is 0 Å². The predicted molar refractivity (Wildman–Crippen MR) is 88.6 cm³/mol. The minimum Gasteiger partial charge on any atom is -0.360 e. The highest BCUT2D eigenvalue weighted by molar-refractivity contribution is 6.31. The van der Waals surface area contributed by atoms with Gasteiger partial charge in [0.25, 0.3) is 0 Å². The maximum Gasteiger partial charge on any atom is 0.128 e. The molecular weight excluding hydrogens is 270 g/mol. The molecule has 0 unspecified atom stereocenters. The quantitative estimate of drug-likeness (QED) is 0.763. The van der Waals surface area contributed by atoms with Crippen molar-refractivity contribution in [3.8, 4) is 0 Å². The molecule has 0 aliphatic heterocycles. The molecule has 0 saturated heterocycles. The lowest BCUT2D eigenvalue weighted by molar-refractivity contribution is 0.421. The summed E-state index contributed by atoms with van der Waals surface area (Å²) in [6, 6.07) is 3.94. The number of hydrogen-bond donors (Lipinski definition) is 1. The molecule has 0 aliphatic carbocycles. The van der Waals surface area contributed by atoms with Crippen LogP contribution in [0.5, 0.6) is 0 Å². The Bertz CT molecular complexity index is 413. The zero-order valence-corrected chi connectivity index (χ0v) is 14.2. The Labute approximate surface area is 128 Å². The van der Waals surface area contributed by atoms with Gasteiger partial charge in [-0.3, -0.25) is 0 Å². The number of aromatic nitrogens is 1. The van der Waals surface area contributed by atoms with Crippen LogP contribution < -0.4 is 10.2 Å². The van der Waals surface area contributed by atoms with E-state index in [-0.39, 0.29) is 5.54 Å². The SMILES string of the molecule is CCCCCN(C)c1ccc(Cl)c(CNC(C)(C)C)n1. The van der Waals surface area contributed by atoms with E-state index in [9.17, 15) is 0 Å². The smallest absolute Gasteiger partial charge is 0.128 e. The summed E-state index contributed by atoms with van der Waals surface area (Å²) < 4.78 is 0. The lowest BCUT2D eigenvalue weighted by Crippen LogP contribution is -2.35. The van der Waals surface area contributed by atoms with Crippen molar-refractivity contribution >= 4 is 17.4 Å². The Morgan fingerprint density at radius 3 is 2.55 bits per heavy atom. The molecule has 1 rings (SSSR count). The highest BCUT2D eigenvalue weighted by Gasteiger charge is 2.12. The number of nitrogens with one attached hydrogen (secondary N) is 1. The summed E-state index contributed by atoms with van der Waals surface area (Å²) >= 11 is 6.24. The molecule has 1 heterocycles. The second kappa shape index (κ2) is 7.84. The van der Waals surface area contributed by atoms with Gasteiger partial charge in [0.2, 0.25) is 0 Å². The third kappa shape index (κ3) is 6.10. The van der Waals surface area contributed by atoms with E-state index in [2.05, 4.69) is 49.9 Å². The molecule has 114 valence electrons. The van der Waals surface area contributed by atoms with E-state index >= 15 is 0 Å². The van der Waals surface area contributed by atoms with E-state index in [0.29, 0.717) is 6.54 Å². The second-order valence-corrected chi connectivity index (χ2v) is 6.74. The first-order valence-corrected chi connectivity index (χ1v) is 7.83. The van der Waals surface area contributed by atoms with Crippen molar-refractivity contribution in [1.82, 2.24) is 10.3 Å². The van der Waals surface area contributed by atoms with E-state index in [1.807, 2.05) is 12.1 Å². The summed E-state index contributed by atoms with van der Waals surface area (Å²) in [7, 11) is 2.09. The van der Waals surface area contributed by atoms with E-state index in [4.69, 9.17) is 11.6 Å². The van der Waals surface area contributed by atoms with E-state index in [0.717, 1.165) is 23.1 Å².